The van der Waals surface area contributed by atoms with Gasteiger partial charge in [-0.25, -0.2) is 0 Å². The first-order chi connectivity index (χ1) is 13.6. The van der Waals surface area contributed by atoms with Gasteiger partial charge in [-0.1, -0.05) is 39.7 Å². The predicted octanol–water partition coefficient (Wildman–Crippen LogP) is 4.70. The van der Waals surface area contributed by atoms with Gasteiger partial charge in [-0.3, -0.25) is 4.79 Å². The predicted molar refractivity (Wildman–Crippen MR) is 110 cm³/mol. The van der Waals surface area contributed by atoms with Gasteiger partial charge >= 0.3 is 0 Å². The van der Waals surface area contributed by atoms with E-state index in [4.69, 9.17) is 25.8 Å². The summed E-state index contributed by atoms with van der Waals surface area (Å²) < 4.78 is 17.9. The van der Waals surface area contributed by atoms with E-state index in [9.17, 15) is 4.79 Å². The highest BCUT2D eigenvalue weighted by Gasteiger charge is 2.36. The molecule has 0 bridgehead atoms. The van der Waals surface area contributed by atoms with Crippen LogP contribution in [0.2, 0.25) is 5.02 Å². The van der Waals surface area contributed by atoms with Gasteiger partial charge in [-0.05, 0) is 42.7 Å². The maximum absolute atomic E-state index is 13.2. The normalized spacial score (nSPS) is 18.2. The van der Waals surface area contributed by atoms with E-state index in [1.54, 1.807) is 12.1 Å². The Morgan fingerprint density at radius 1 is 1.07 bits per heavy atom. The van der Waals surface area contributed by atoms with Gasteiger partial charge in [0.25, 0.3) is 5.91 Å². The summed E-state index contributed by atoms with van der Waals surface area (Å²) in [5.41, 5.74) is 1.02. The van der Waals surface area contributed by atoms with E-state index in [-0.39, 0.29) is 5.91 Å². The maximum atomic E-state index is 13.2. The molecule has 2 aliphatic rings. The summed E-state index contributed by atoms with van der Waals surface area (Å²) in [6.45, 7) is 2.27. The number of benzene rings is 2. The Labute approximate surface area is 177 Å². The highest BCUT2D eigenvalue weighted by atomic mass is 79.9. The molecule has 0 unspecified atom stereocenters. The van der Waals surface area contributed by atoms with Crippen molar-refractivity contribution in [2.75, 3.05) is 26.4 Å². The Morgan fingerprint density at radius 3 is 2.64 bits per heavy atom. The molecule has 7 heteroatoms. The van der Waals surface area contributed by atoms with Crippen LogP contribution < -0.4 is 14.8 Å². The van der Waals surface area contributed by atoms with Crippen LogP contribution in [-0.2, 0) is 10.3 Å². The highest BCUT2D eigenvalue weighted by molar-refractivity contribution is 9.10. The van der Waals surface area contributed by atoms with Crippen LogP contribution >= 0.6 is 27.5 Å². The third-order valence-corrected chi connectivity index (χ3v) is 5.91. The largest absolute Gasteiger partial charge is 0.489 e. The van der Waals surface area contributed by atoms with Gasteiger partial charge in [0.1, 0.15) is 0 Å². The smallest absolute Gasteiger partial charge is 0.252 e. The lowest BCUT2D eigenvalue weighted by atomic mass is 9.82. The van der Waals surface area contributed by atoms with E-state index in [1.807, 2.05) is 24.3 Å². The van der Waals surface area contributed by atoms with Crippen LogP contribution in [0.5, 0.6) is 11.5 Å². The molecule has 2 aliphatic heterocycles. The van der Waals surface area contributed by atoms with Gasteiger partial charge in [-0.2, -0.15) is 0 Å². The van der Waals surface area contributed by atoms with E-state index >= 15 is 0 Å². The number of hydrogen-bond donors (Lipinski definition) is 1. The molecule has 28 heavy (non-hydrogen) atoms. The summed E-state index contributed by atoms with van der Waals surface area (Å²) in [6, 6.07) is 11.4. The molecular formula is C21H21BrClNO4. The lowest BCUT2D eigenvalue weighted by Gasteiger charge is -2.38. The van der Waals surface area contributed by atoms with Crippen molar-refractivity contribution in [1.82, 2.24) is 5.32 Å². The van der Waals surface area contributed by atoms with Gasteiger partial charge in [-0.15, -0.1) is 0 Å². The second-order valence-corrected chi connectivity index (χ2v) is 8.32. The molecule has 0 aromatic heterocycles. The minimum Gasteiger partial charge on any atom is -0.489 e. The van der Waals surface area contributed by atoms with Gasteiger partial charge in [0.2, 0.25) is 0 Å². The first-order valence-electron chi connectivity index (χ1n) is 9.33. The summed E-state index contributed by atoms with van der Waals surface area (Å²) in [5.74, 6) is 0.821. The van der Waals surface area contributed by atoms with E-state index < -0.39 is 5.54 Å². The van der Waals surface area contributed by atoms with Crippen molar-refractivity contribution >= 4 is 33.4 Å². The molecule has 5 nitrogen and oxygen atoms in total. The van der Waals surface area contributed by atoms with E-state index in [1.165, 1.54) is 0 Å². The average Bonchev–Trinajstić information content (AvgIpc) is 2.94. The number of halogens is 2. The van der Waals surface area contributed by atoms with E-state index in [0.29, 0.717) is 61.4 Å². The molecular weight excluding hydrogens is 446 g/mol. The van der Waals surface area contributed by atoms with Crippen LogP contribution in [0.1, 0.15) is 35.2 Å². The molecule has 2 aromatic carbocycles. The zero-order valence-corrected chi connectivity index (χ0v) is 17.6. The fraction of sp³-hybridized carbons (Fsp3) is 0.381. The number of carbonyl (C=O) groups excluding carboxylic acids is 1. The monoisotopic (exact) mass is 465 g/mol. The molecule has 1 N–H and O–H groups in total. The molecule has 2 heterocycles. The van der Waals surface area contributed by atoms with Crippen molar-refractivity contribution in [3.05, 3.63) is 57.0 Å². The van der Waals surface area contributed by atoms with Crippen LogP contribution in [0.3, 0.4) is 0 Å². The number of carbonyl (C=O) groups is 1. The van der Waals surface area contributed by atoms with Crippen molar-refractivity contribution in [3.63, 3.8) is 0 Å². The minimum absolute atomic E-state index is 0.195. The zero-order chi connectivity index (χ0) is 19.6. The number of ether oxygens (including phenoxy) is 3. The summed E-state index contributed by atoms with van der Waals surface area (Å²) in [7, 11) is 0. The van der Waals surface area contributed by atoms with Gasteiger partial charge in [0.05, 0.1) is 23.8 Å². The summed E-state index contributed by atoms with van der Waals surface area (Å²) in [6.07, 6.45) is 2.18. The molecule has 0 aliphatic carbocycles. The standard InChI is InChI=1S/C21H21BrClNO4/c22-16-4-1-3-15(13-16)21(5-9-26-10-6-21)24-20(25)14-11-17(23)19-18(12-14)27-7-2-8-28-19/h1,3-4,11-13H,2,5-10H2,(H,24,25). The van der Waals surface area contributed by atoms with Gasteiger partial charge in [0.15, 0.2) is 11.5 Å². The topological polar surface area (TPSA) is 56.8 Å². The third kappa shape index (κ3) is 4.00. The molecule has 1 amide bonds. The quantitative estimate of drug-likeness (QED) is 0.712. The molecule has 2 aromatic rings. The number of amides is 1. The molecule has 0 spiro atoms. The highest BCUT2D eigenvalue weighted by Crippen LogP contribution is 2.39. The van der Waals surface area contributed by atoms with E-state index in [0.717, 1.165) is 16.5 Å². The van der Waals surface area contributed by atoms with Crippen LogP contribution in [0, 0.1) is 0 Å². The molecule has 0 radical (unpaired) electrons. The fourth-order valence-electron chi connectivity index (χ4n) is 3.64. The first kappa shape index (κ1) is 19.6. The minimum atomic E-state index is -0.490. The SMILES string of the molecule is O=C(NC1(c2cccc(Br)c2)CCOCC1)c1cc(Cl)c2c(c1)OCCCO2. The molecule has 0 saturated carbocycles. The van der Waals surface area contributed by atoms with Crippen molar-refractivity contribution in [1.29, 1.82) is 0 Å². The zero-order valence-electron chi connectivity index (χ0n) is 15.3. The van der Waals surface area contributed by atoms with E-state index in [2.05, 4.69) is 21.2 Å². The Bertz CT molecular complexity index is 883. The lowest BCUT2D eigenvalue weighted by molar-refractivity contribution is 0.0345. The number of nitrogens with one attached hydrogen (secondary N) is 1. The summed E-state index contributed by atoms with van der Waals surface area (Å²) in [5, 5.41) is 3.63. The Kier molecular flexibility index (Phi) is 5.80. The Balaban J connectivity index is 1.65. The molecule has 1 saturated heterocycles. The molecule has 0 atom stereocenters. The van der Waals surface area contributed by atoms with Crippen molar-refractivity contribution in [2.24, 2.45) is 0 Å². The van der Waals surface area contributed by atoms with Gasteiger partial charge in [0, 0.05) is 29.7 Å². The summed E-state index contributed by atoms with van der Waals surface area (Å²) in [4.78, 5) is 13.2. The first-order valence-corrected chi connectivity index (χ1v) is 10.5. The van der Waals surface area contributed by atoms with Gasteiger partial charge < -0.3 is 19.5 Å². The average molecular weight is 467 g/mol. The Morgan fingerprint density at radius 2 is 1.86 bits per heavy atom. The fourth-order valence-corrected chi connectivity index (χ4v) is 4.31. The molecule has 4 rings (SSSR count). The number of rotatable bonds is 3. The van der Waals surface area contributed by atoms with Crippen LogP contribution in [0.15, 0.2) is 40.9 Å². The number of fused-ring (bicyclic) bond motifs is 1. The van der Waals surface area contributed by atoms with Crippen LogP contribution in [-0.4, -0.2) is 32.3 Å². The lowest BCUT2D eigenvalue weighted by Crippen LogP contribution is -2.49. The number of hydrogen-bond acceptors (Lipinski definition) is 4. The van der Waals surface area contributed by atoms with Crippen LogP contribution in [0.4, 0.5) is 0 Å². The second kappa shape index (κ2) is 8.31. The third-order valence-electron chi connectivity index (χ3n) is 5.14. The molecule has 1 fully saturated rings. The Hall–Kier alpha value is -1.76. The summed E-state index contributed by atoms with van der Waals surface area (Å²) >= 11 is 9.90. The molecule has 148 valence electrons. The van der Waals surface area contributed by atoms with Crippen molar-refractivity contribution in [3.8, 4) is 11.5 Å². The van der Waals surface area contributed by atoms with Crippen LogP contribution in [0.25, 0.3) is 0 Å². The second-order valence-electron chi connectivity index (χ2n) is 6.99. The van der Waals surface area contributed by atoms with Crippen molar-refractivity contribution < 1.29 is 19.0 Å². The van der Waals surface area contributed by atoms with Crippen molar-refractivity contribution in [2.45, 2.75) is 24.8 Å². The maximum Gasteiger partial charge on any atom is 0.252 e.